The van der Waals surface area contributed by atoms with Crippen molar-refractivity contribution in [1.29, 1.82) is 0 Å². The molecule has 1 aromatic heterocycles. The summed E-state index contributed by atoms with van der Waals surface area (Å²) in [5.74, 6) is 0.136. The van der Waals surface area contributed by atoms with E-state index in [1.807, 2.05) is 0 Å². The highest BCUT2D eigenvalue weighted by Crippen LogP contribution is 2.21. The van der Waals surface area contributed by atoms with Crippen LogP contribution in [0.1, 0.15) is 0 Å². The van der Waals surface area contributed by atoms with Crippen LogP contribution in [0.4, 0.5) is 4.39 Å². The normalized spacial score (nSPS) is 14.1. The summed E-state index contributed by atoms with van der Waals surface area (Å²) in [5, 5.41) is 9.71. The van der Waals surface area contributed by atoms with Gasteiger partial charge in [-0.1, -0.05) is 47.9 Å². The quantitative estimate of drug-likeness (QED) is 0.529. The zero-order chi connectivity index (χ0) is 18.5. The van der Waals surface area contributed by atoms with Gasteiger partial charge in [-0.3, -0.25) is 19.6 Å². The molecule has 1 saturated heterocycles. The van der Waals surface area contributed by atoms with E-state index in [-0.39, 0.29) is 17.6 Å². The van der Waals surface area contributed by atoms with Crippen LogP contribution in [0.15, 0.2) is 29.4 Å². The number of nitrogens with one attached hydrogen (secondary N) is 2. The molecule has 0 spiro atoms. The maximum Gasteiger partial charge on any atom is 0.238 e. The number of H-pyrrole nitrogens is 1. The predicted octanol–water partition coefficient (Wildman–Crippen LogP) is 1.68. The highest BCUT2D eigenvalue weighted by Gasteiger charge is 2.25. The van der Waals surface area contributed by atoms with E-state index >= 15 is 0 Å². The topological polar surface area (TPSA) is 91.0 Å². The van der Waals surface area contributed by atoms with Crippen LogP contribution in [0.3, 0.4) is 0 Å². The Morgan fingerprint density at radius 3 is 3.00 bits per heavy atom. The summed E-state index contributed by atoms with van der Waals surface area (Å²) in [5.41, 5.74) is 0.320. The number of aromatic amines is 1. The summed E-state index contributed by atoms with van der Waals surface area (Å²) in [7, 11) is 0. The molecular formula is C15H14FN5O2S3. The second kappa shape index (κ2) is 8.60. The standard InChI is InChI=1S/C15H14FN5O2S3/c16-10-4-2-1-3-9(10)13-18-14(20-19-13)25-7-11(22)17-5-6-21-12(23)8-26-15(21)24/h1-4H,5-8H2,(H,17,22)(H,18,19,20). The first-order valence-corrected chi connectivity index (χ1v) is 9.96. The van der Waals surface area contributed by atoms with Gasteiger partial charge in [-0.25, -0.2) is 9.37 Å². The summed E-state index contributed by atoms with van der Waals surface area (Å²) >= 11 is 7.53. The number of aromatic nitrogens is 3. The third-order valence-corrected chi connectivity index (χ3v) is 5.70. The summed E-state index contributed by atoms with van der Waals surface area (Å²) in [6.45, 7) is 0.680. The first-order valence-electron chi connectivity index (χ1n) is 7.58. The largest absolute Gasteiger partial charge is 0.354 e. The predicted molar refractivity (Wildman–Crippen MR) is 102 cm³/mol. The molecule has 2 heterocycles. The Morgan fingerprint density at radius 1 is 1.46 bits per heavy atom. The molecular weight excluding hydrogens is 397 g/mol. The highest BCUT2D eigenvalue weighted by atomic mass is 32.2. The lowest BCUT2D eigenvalue weighted by atomic mass is 10.2. The molecule has 7 nitrogen and oxygen atoms in total. The molecule has 2 N–H and O–H groups in total. The molecule has 0 radical (unpaired) electrons. The maximum atomic E-state index is 13.7. The Morgan fingerprint density at radius 2 is 2.27 bits per heavy atom. The molecule has 3 rings (SSSR count). The Kier molecular flexibility index (Phi) is 6.22. The average molecular weight is 412 g/mol. The number of hydrogen-bond donors (Lipinski definition) is 2. The fourth-order valence-electron chi connectivity index (χ4n) is 2.17. The first-order chi connectivity index (χ1) is 12.5. The molecule has 0 saturated carbocycles. The van der Waals surface area contributed by atoms with E-state index in [2.05, 4.69) is 20.5 Å². The molecule has 0 aliphatic carbocycles. The van der Waals surface area contributed by atoms with Crippen LogP contribution in [0.25, 0.3) is 11.4 Å². The second-order valence-electron chi connectivity index (χ2n) is 5.19. The zero-order valence-electron chi connectivity index (χ0n) is 13.4. The van der Waals surface area contributed by atoms with Crippen LogP contribution in [0.5, 0.6) is 0 Å². The molecule has 1 fully saturated rings. The minimum atomic E-state index is -0.398. The lowest BCUT2D eigenvalue weighted by Crippen LogP contribution is -2.37. The first kappa shape index (κ1) is 18.8. The molecule has 1 aliphatic heterocycles. The van der Waals surface area contributed by atoms with E-state index in [0.717, 1.165) is 11.8 Å². The lowest BCUT2D eigenvalue weighted by Gasteiger charge is -2.14. The number of carbonyl (C=O) groups is 2. The summed E-state index contributed by atoms with van der Waals surface area (Å²) < 4.78 is 14.3. The summed E-state index contributed by atoms with van der Waals surface area (Å²) in [6.07, 6.45) is 0. The molecule has 0 unspecified atom stereocenters. The van der Waals surface area contributed by atoms with E-state index in [0.29, 0.717) is 39.7 Å². The third kappa shape index (κ3) is 4.59. The fraction of sp³-hybridized carbons (Fsp3) is 0.267. The van der Waals surface area contributed by atoms with Gasteiger partial charge in [0.2, 0.25) is 17.0 Å². The fourth-order valence-corrected chi connectivity index (χ4v) is 3.92. The minimum Gasteiger partial charge on any atom is -0.354 e. The van der Waals surface area contributed by atoms with Crippen LogP contribution >= 0.6 is 35.7 Å². The van der Waals surface area contributed by atoms with Crippen molar-refractivity contribution in [2.45, 2.75) is 5.16 Å². The van der Waals surface area contributed by atoms with Crippen LogP contribution in [-0.2, 0) is 9.59 Å². The molecule has 136 valence electrons. The molecule has 0 bridgehead atoms. The van der Waals surface area contributed by atoms with Crippen molar-refractivity contribution in [2.24, 2.45) is 0 Å². The number of thioether (sulfide) groups is 2. The van der Waals surface area contributed by atoms with Crippen LogP contribution in [0.2, 0.25) is 0 Å². The zero-order valence-corrected chi connectivity index (χ0v) is 15.8. The van der Waals surface area contributed by atoms with Crippen molar-refractivity contribution < 1.29 is 14.0 Å². The molecule has 26 heavy (non-hydrogen) atoms. The number of carbonyl (C=O) groups excluding carboxylic acids is 2. The van der Waals surface area contributed by atoms with Gasteiger partial charge in [0.25, 0.3) is 0 Å². The Bertz CT molecular complexity index is 828. The van der Waals surface area contributed by atoms with E-state index in [1.54, 1.807) is 18.2 Å². The van der Waals surface area contributed by atoms with E-state index < -0.39 is 5.82 Å². The van der Waals surface area contributed by atoms with Crippen molar-refractivity contribution in [3.8, 4) is 11.4 Å². The molecule has 1 aromatic carbocycles. The van der Waals surface area contributed by atoms with E-state index in [9.17, 15) is 14.0 Å². The maximum absolute atomic E-state index is 13.7. The van der Waals surface area contributed by atoms with Gasteiger partial charge < -0.3 is 5.32 Å². The van der Waals surface area contributed by atoms with Crippen LogP contribution < -0.4 is 5.32 Å². The van der Waals surface area contributed by atoms with Crippen molar-refractivity contribution in [3.05, 3.63) is 30.1 Å². The molecule has 11 heteroatoms. The smallest absolute Gasteiger partial charge is 0.238 e. The van der Waals surface area contributed by atoms with Gasteiger partial charge in [-0.2, -0.15) is 0 Å². The van der Waals surface area contributed by atoms with Gasteiger partial charge in [0, 0.05) is 13.1 Å². The number of amides is 2. The molecule has 2 aromatic rings. The Labute approximate surface area is 162 Å². The molecule has 2 amide bonds. The Balaban J connectivity index is 1.44. The number of rotatable bonds is 7. The summed E-state index contributed by atoms with van der Waals surface area (Å²) in [4.78, 5) is 29.1. The molecule has 0 atom stereocenters. The van der Waals surface area contributed by atoms with Gasteiger partial charge in [-0.05, 0) is 12.1 Å². The third-order valence-electron chi connectivity index (χ3n) is 3.42. The monoisotopic (exact) mass is 411 g/mol. The average Bonchev–Trinajstić information content (AvgIpc) is 3.22. The van der Waals surface area contributed by atoms with Crippen LogP contribution in [0, 0.1) is 5.82 Å². The summed E-state index contributed by atoms with van der Waals surface area (Å²) in [6, 6.07) is 6.24. The van der Waals surface area contributed by atoms with E-state index in [1.165, 1.54) is 22.7 Å². The highest BCUT2D eigenvalue weighted by molar-refractivity contribution is 8.23. The lowest BCUT2D eigenvalue weighted by molar-refractivity contribution is -0.124. The number of halogens is 1. The van der Waals surface area contributed by atoms with E-state index in [4.69, 9.17) is 12.2 Å². The van der Waals surface area contributed by atoms with Gasteiger partial charge in [0.05, 0.1) is 17.1 Å². The van der Waals surface area contributed by atoms with Crippen molar-refractivity contribution in [1.82, 2.24) is 25.4 Å². The number of hydrogen-bond acceptors (Lipinski definition) is 7. The van der Waals surface area contributed by atoms with Gasteiger partial charge in [0.15, 0.2) is 5.82 Å². The van der Waals surface area contributed by atoms with Gasteiger partial charge >= 0.3 is 0 Å². The number of benzene rings is 1. The second-order valence-corrected chi connectivity index (χ2v) is 7.74. The van der Waals surface area contributed by atoms with Crippen molar-refractivity contribution in [2.75, 3.05) is 24.6 Å². The van der Waals surface area contributed by atoms with Gasteiger partial charge in [0.1, 0.15) is 10.1 Å². The van der Waals surface area contributed by atoms with Crippen molar-refractivity contribution >= 4 is 51.9 Å². The van der Waals surface area contributed by atoms with Crippen molar-refractivity contribution in [3.63, 3.8) is 0 Å². The SMILES string of the molecule is O=C(CSc1n[nH]c(-c2ccccc2F)n1)NCCN1C(=O)CSC1=S. The van der Waals surface area contributed by atoms with Crippen LogP contribution in [-0.4, -0.2) is 60.8 Å². The van der Waals surface area contributed by atoms with Gasteiger partial charge in [-0.15, -0.1) is 5.10 Å². The number of thiocarbonyl (C=S) groups is 1. The minimum absolute atomic E-state index is 0.0370. The Hall–Kier alpha value is -1.98. The molecule has 1 aliphatic rings. The number of nitrogens with zero attached hydrogens (tertiary/aromatic N) is 3.